The fourth-order valence-corrected chi connectivity index (χ4v) is 1.92. The molecule has 2 nitrogen and oxygen atoms in total. The highest BCUT2D eigenvalue weighted by molar-refractivity contribution is 5.19. The normalized spacial score (nSPS) is 14.2. The minimum absolute atomic E-state index is 0.328. The first-order valence-corrected chi connectivity index (χ1v) is 6.22. The number of hydrogen-bond donors (Lipinski definition) is 1. The number of benzene rings is 1. The third-order valence-electron chi connectivity index (χ3n) is 2.90. The van der Waals surface area contributed by atoms with Gasteiger partial charge in [0.1, 0.15) is 0 Å². The highest BCUT2D eigenvalue weighted by Gasteiger charge is 2.14. The fraction of sp³-hybridized carbons (Fsp3) is 0.467. The summed E-state index contributed by atoms with van der Waals surface area (Å²) < 4.78 is 5.22. The summed E-state index contributed by atoms with van der Waals surface area (Å²) in [5.74, 6) is 0. The predicted molar refractivity (Wildman–Crippen MR) is 73.1 cm³/mol. The van der Waals surface area contributed by atoms with E-state index in [1.807, 2.05) is 12.1 Å². The van der Waals surface area contributed by atoms with Gasteiger partial charge in [0.25, 0.3) is 0 Å². The summed E-state index contributed by atoms with van der Waals surface area (Å²) in [7, 11) is 1.75. The smallest absolute Gasteiger partial charge is 0.0615 e. The van der Waals surface area contributed by atoms with E-state index in [0.29, 0.717) is 12.1 Å². The molecule has 94 valence electrons. The number of ether oxygens (including phenoxy) is 1. The molecule has 0 fully saturated rings. The average molecular weight is 233 g/mol. The van der Waals surface area contributed by atoms with Crippen molar-refractivity contribution < 1.29 is 4.74 Å². The summed E-state index contributed by atoms with van der Waals surface area (Å²) in [5.41, 5.74) is 1.31. The Kier molecular flexibility index (Phi) is 6.60. The molecule has 0 aliphatic heterocycles. The number of nitrogens with one attached hydrogen (secondary N) is 1. The third kappa shape index (κ3) is 4.72. The van der Waals surface area contributed by atoms with Crippen LogP contribution in [0.15, 0.2) is 43.0 Å². The van der Waals surface area contributed by atoms with Gasteiger partial charge in [0.2, 0.25) is 0 Å². The Hall–Kier alpha value is -1.12. The van der Waals surface area contributed by atoms with Crippen LogP contribution in [0.2, 0.25) is 0 Å². The molecule has 0 bridgehead atoms. The van der Waals surface area contributed by atoms with Crippen LogP contribution in [0.5, 0.6) is 0 Å². The van der Waals surface area contributed by atoms with Crippen LogP contribution in [0.1, 0.15) is 31.4 Å². The Balaban J connectivity index is 2.68. The first kappa shape index (κ1) is 13.9. The first-order valence-electron chi connectivity index (χ1n) is 6.22. The fourth-order valence-electron chi connectivity index (χ4n) is 1.92. The van der Waals surface area contributed by atoms with Gasteiger partial charge in [-0.15, -0.1) is 6.58 Å². The lowest BCUT2D eigenvalue weighted by molar-refractivity contribution is 0.158. The van der Waals surface area contributed by atoms with Gasteiger partial charge >= 0.3 is 0 Å². The van der Waals surface area contributed by atoms with Crippen molar-refractivity contribution in [3.8, 4) is 0 Å². The molecule has 1 rings (SSSR count). The molecule has 0 radical (unpaired) electrons. The van der Waals surface area contributed by atoms with Gasteiger partial charge in [-0.25, -0.2) is 0 Å². The molecule has 17 heavy (non-hydrogen) atoms. The second-order valence-corrected chi connectivity index (χ2v) is 4.21. The predicted octanol–water partition coefficient (Wildman–Crippen LogP) is 3.32. The maximum Gasteiger partial charge on any atom is 0.0615 e. The Morgan fingerprint density at radius 3 is 2.59 bits per heavy atom. The Morgan fingerprint density at radius 2 is 2.06 bits per heavy atom. The summed E-state index contributed by atoms with van der Waals surface area (Å²) in [6.07, 6.45) is 3.96. The summed E-state index contributed by atoms with van der Waals surface area (Å²) in [5, 5.41) is 3.63. The van der Waals surface area contributed by atoms with Crippen molar-refractivity contribution in [3.63, 3.8) is 0 Å². The van der Waals surface area contributed by atoms with E-state index < -0.39 is 0 Å². The minimum atomic E-state index is 0.328. The highest BCUT2D eigenvalue weighted by Crippen LogP contribution is 2.18. The maximum absolute atomic E-state index is 5.22. The van der Waals surface area contributed by atoms with Crippen LogP contribution < -0.4 is 5.32 Å². The van der Waals surface area contributed by atoms with Gasteiger partial charge in [0, 0.05) is 19.2 Å². The van der Waals surface area contributed by atoms with Crippen LogP contribution in [0.4, 0.5) is 0 Å². The molecule has 2 atom stereocenters. The van der Waals surface area contributed by atoms with Crippen LogP contribution in [-0.2, 0) is 4.74 Å². The molecule has 0 saturated heterocycles. The summed E-state index contributed by atoms with van der Waals surface area (Å²) in [6, 6.07) is 11.2. The molecule has 0 heterocycles. The molecule has 0 amide bonds. The lowest BCUT2D eigenvalue weighted by atomic mass is 10.0. The van der Waals surface area contributed by atoms with E-state index in [1.54, 1.807) is 7.11 Å². The van der Waals surface area contributed by atoms with E-state index in [9.17, 15) is 0 Å². The zero-order chi connectivity index (χ0) is 12.5. The minimum Gasteiger partial charge on any atom is -0.383 e. The van der Waals surface area contributed by atoms with Gasteiger partial charge in [-0.1, -0.05) is 43.3 Å². The molecule has 0 aliphatic carbocycles. The van der Waals surface area contributed by atoms with Crippen molar-refractivity contribution in [2.24, 2.45) is 0 Å². The Bertz CT molecular complexity index is 310. The molecule has 1 aromatic rings. The van der Waals surface area contributed by atoms with Crippen LogP contribution in [0, 0.1) is 0 Å². The Labute approximate surface area is 105 Å². The molecule has 0 aromatic heterocycles. The standard InChI is InChI=1S/C15H23NO/c1-4-9-15(13-10-7-6-8-11-13)16-14(5-2)12-17-3/h4,6-8,10-11,14-16H,1,5,9,12H2,2-3H3/t14-,15-/m1/s1. The van der Waals surface area contributed by atoms with E-state index in [-0.39, 0.29) is 0 Å². The summed E-state index contributed by atoms with van der Waals surface area (Å²) in [6.45, 7) is 6.75. The third-order valence-corrected chi connectivity index (χ3v) is 2.90. The van der Waals surface area contributed by atoms with Gasteiger partial charge in [-0.3, -0.25) is 0 Å². The lowest BCUT2D eigenvalue weighted by Crippen LogP contribution is -2.35. The van der Waals surface area contributed by atoms with Gasteiger partial charge in [0.15, 0.2) is 0 Å². The first-order chi connectivity index (χ1) is 8.31. The Morgan fingerprint density at radius 1 is 1.35 bits per heavy atom. The van der Waals surface area contributed by atoms with E-state index in [1.165, 1.54) is 5.56 Å². The van der Waals surface area contributed by atoms with Crippen molar-refractivity contribution in [1.82, 2.24) is 5.32 Å². The van der Waals surface area contributed by atoms with Crippen molar-refractivity contribution in [1.29, 1.82) is 0 Å². The van der Waals surface area contributed by atoms with Gasteiger partial charge in [0.05, 0.1) is 6.61 Å². The quantitative estimate of drug-likeness (QED) is 0.695. The average Bonchev–Trinajstić information content (AvgIpc) is 2.38. The number of hydrogen-bond acceptors (Lipinski definition) is 2. The zero-order valence-electron chi connectivity index (χ0n) is 10.9. The summed E-state index contributed by atoms with van der Waals surface area (Å²) in [4.78, 5) is 0. The monoisotopic (exact) mass is 233 g/mol. The highest BCUT2D eigenvalue weighted by atomic mass is 16.5. The maximum atomic E-state index is 5.22. The SMILES string of the molecule is C=CC[C@@H](N[C@H](CC)COC)c1ccccc1. The molecule has 1 N–H and O–H groups in total. The van der Waals surface area contributed by atoms with E-state index in [4.69, 9.17) is 4.74 Å². The van der Waals surface area contributed by atoms with Crippen molar-refractivity contribution in [2.45, 2.75) is 31.8 Å². The second-order valence-electron chi connectivity index (χ2n) is 4.21. The molecule has 0 unspecified atom stereocenters. The van der Waals surface area contributed by atoms with Gasteiger partial charge in [-0.05, 0) is 18.4 Å². The van der Waals surface area contributed by atoms with Gasteiger partial charge in [-0.2, -0.15) is 0 Å². The topological polar surface area (TPSA) is 21.3 Å². The van der Waals surface area contributed by atoms with Gasteiger partial charge < -0.3 is 10.1 Å². The molecule has 0 saturated carbocycles. The van der Waals surface area contributed by atoms with Crippen LogP contribution in [0.25, 0.3) is 0 Å². The largest absolute Gasteiger partial charge is 0.383 e. The molecular formula is C15H23NO. The molecule has 0 spiro atoms. The zero-order valence-corrected chi connectivity index (χ0v) is 10.9. The van der Waals surface area contributed by atoms with Crippen molar-refractivity contribution >= 4 is 0 Å². The van der Waals surface area contributed by atoms with Crippen LogP contribution in [-0.4, -0.2) is 19.8 Å². The molecule has 1 aromatic carbocycles. The van der Waals surface area contributed by atoms with Crippen LogP contribution >= 0.6 is 0 Å². The lowest BCUT2D eigenvalue weighted by Gasteiger charge is -2.24. The van der Waals surface area contributed by atoms with Crippen molar-refractivity contribution in [3.05, 3.63) is 48.6 Å². The van der Waals surface area contributed by atoms with Crippen molar-refractivity contribution in [2.75, 3.05) is 13.7 Å². The van der Waals surface area contributed by atoms with E-state index >= 15 is 0 Å². The number of methoxy groups -OCH3 is 1. The van der Waals surface area contributed by atoms with E-state index in [0.717, 1.165) is 19.4 Å². The van der Waals surface area contributed by atoms with Crippen LogP contribution in [0.3, 0.4) is 0 Å². The molecule has 2 heteroatoms. The summed E-state index contributed by atoms with van der Waals surface area (Å²) >= 11 is 0. The molecule has 0 aliphatic rings. The number of rotatable bonds is 8. The molecular weight excluding hydrogens is 210 g/mol. The second kappa shape index (κ2) is 8.04. The van der Waals surface area contributed by atoms with E-state index in [2.05, 4.69) is 43.1 Å².